The third-order valence-corrected chi connectivity index (χ3v) is 12.0. The maximum atomic E-state index is 14.3. The van der Waals surface area contributed by atoms with Gasteiger partial charge in [-0.1, -0.05) is 41.9 Å². The number of ketones is 1. The number of thiophene rings is 1. The smallest absolute Gasteiger partial charge is 0.289 e. The summed E-state index contributed by atoms with van der Waals surface area (Å²) in [4.78, 5) is 61.6. The number of ether oxygens (including phenoxy) is 1. The number of fused-ring (bicyclic) bond motifs is 1. The fourth-order valence-corrected chi connectivity index (χ4v) is 8.91. The molecule has 3 heterocycles. The van der Waals surface area contributed by atoms with Crippen molar-refractivity contribution >= 4 is 72.5 Å². The molecule has 1 aromatic heterocycles. The first-order valence-electron chi connectivity index (χ1n) is 18.8. The fourth-order valence-electron chi connectivity index (χ4n) is 7.05. The number of carbonyl (C=O) groups is 4. The lowest BCUT2D eigenvalue weighted by Crippen LogP contribution is -2.56. The van der Waals surface area contributed by atoms with Crippen LogP contribution in [0.3, 0.4) is 0 Å². The van der Waals surface area contributed by atoms with Gasteiger partial charge in [0.1, 0.15) is 12.1 Å². The summed E-state index contributed by atoms with van der Waals surface area (Å²) in [6, 6.07) is 13.3. The molecule has 2 aliphatic heterocycles. The molecule has 56 heavy (non-hydrogen) atoms. The minimum atomic E-state index is -3.81. The average molecular weight is 831 g/mol. The van der Waals surface area contributed by atoms with E-state index in [2.05, 4.69) is 25.7 Å². The van der Waals surface area contributed by atoms with E-state index < -0.39 is 57.8 Å². The number of halogens is 1. The van der Waals surface area contributed by atoms with Gasteiger partial charge in [-0.15, -0.1) is 11.3 Å². The Morgan fingerprint density at radius 1 is 1.05 bits per heavy atom. The van der Waals surface area contributed by atoms with Crippen LogP contribution in [0.1, 0.15) is 55.4 Å². The van der Waals surface area contributed by atoms with E-state index >= 15 is 0 Å². The Kier molecular flexibility index (Phi) is 15.6. The van der Waals surface area contributed by atoms with Crippen molar-refractivity contribution < 1.29 is 32.3 Å². The van der Waals surface area contributed by atoms with Gasteiger partial charge in [-0.2, -0.15) is 0 Å². The van der Waals surface area contributed by atoms with Crippen LogP contribution in [0.15, 0.2) is 59.6 Å². The molecule has 0 unspecified atom stereocenters. The predicted octanol–water partition coefficient (Wildman–Crippen LogP) is 2.16. The molecule has 2 saturated heterocycles. The Balaban J connectivity index is 1.33. The Bertz CT molecular complexity index is 1930. The summed E-state index contributed by atoms with van der Waals surface area (Å²) < 4.78 is 34.8. The minimum Gasteiger partial charge on any atom is -0.372 e. The van der Waals surface area contributed by atoms with Crippen LogP contribution in [0, 0.1) is 5.92 Å². The number of benzene rings is 2. The summed E-state index contributed by atoms with van der Waals surface area (Å²) >= 11 is 7.54. The van der Waals surface area contributed by atoms with Gasteiger partial charge >= 0.3 is 0 Å². The number of nitrogens with zero attached hydrogens (tertiary/aromatic N) is 2. The molecule has 4 atom stereocenters. The SMILES string of the molecule is CS(=O)(=O)N[C@H](CCC1CCNCC1)C(=O)N1C[C@H](OCc2ccc(Cl)cc2)C[C@H]1C(=O)N[C@@H](CCCN=C(N)N)C(=O)C(=O)NCc1cc2ccccc2s1. The molecule has 18 heteroatoms. The van der Waals surface area contributed by atoms with Crippen molar-refractivity contribution in [1.29, 1.82) is 0 Å². The number of likely N-dealkylation sites (tertiary alicyclic amines) is 1. The Labute approximate surface area is 336 Å². The van der Waals surface area contributed by atoms with Crippen LogP contribution in [-0.4, -0.2) is 99.4 Å². The predicted molar refractivity (Wildman–Crippen MR) is 217 cm³/mol. The van der Waals surface area contributed by atoms with Crippen molar-refractivity contribution in [3.05, 3.63) is 70.1 Å². The number of rotatable bonds is 19. The maximum absolute atomic E-state index is 14.3. The average Bonchev–Trinajstić information content (AvgIpc) is 3.80. The van der Waals surface area contributed by atoms with Gasteiger partial charge in [0, 0.05) is 34.1 Å². The number of guanidine groups is 1. The van der Waals surface area contributed by atoms with Crippen LogP contribution in [0.4, 0.5) is 0 Å². The quantitative estimate of drug-likeness (QED) is 0.0447. The van der Waals surface area contributed by atoms with Gasteiger partial charge in [0.25, 0.3) is 5.91 Å². The molecule has 0 radical (unpaired) electrons. The van der Waals surface area contributed by atoms with E-state index in [4.69, 9.17) is 27.8 Å². The van der Waals surface area contributed by atoms with Gasteiger partial charge in [-0.3, -0.25) is 24.2 Å². The van der Waals surface area contributed by atoms with Gasteiger partial charge in [0.15, 0.2) is 5.96 Å². The number of aliphatic imine (C=N–C) groups is 1. The molecular weight excluding hydrogens is 780 g/mol. The molecule has 3 aromatic rings. The molecular formula is C38H51ClN8O7S2. The first kappa shape index (κ1) is 43.0. The molecule has 0 saturated carbocycles. The number of amides is 3. The molecule has 2 fully saturated rings. The Morgan fingerprint density at radius 3 is 2.48 bits per heavy atom. The van der Waals surface area contributed by atoms with Crippen molar-refractivity contribution in [2.75, 3.05) is 32.4 Å². The molecule has 0 spiro atoms. The van der Waals surface area contributed by atoms with Crippen LogP contribution < -0.4 is 32.1 Å². The zero-order valence-electron chi connectivity index (χ0n) is 31.4. The third kappa shape index (κ3) is 13.0. The van der Waals surface area contributed by atoms with Crippen LogP contribution in [0.2, 0.25) is 5.02 Å². The lowest BCUT2D eigenvalue weighted by atomic mass is 9.91. The highest BCUT2D eigenvalue weighted by Gasteiger charge is 2.44. The van der Waals surface area contributed by atoms with Gasteiger partial charge in [0.05, 0.1) is 31.6 Å². The number of nitrogens with one attached hydrogen (secondary N) is 4. The van der Waals surface area contributed by atoms with Crippen molar-refractivity contribution in [2.45, 2.75) is 82.3 Å². The number of hydrogen-bond donors (Lipinski definition) is 6. The fraction of sp³-hybridized carbons (Fsp3) is 0.500. The number of sulfonamides is 1. The first-order chi connectivity index (χ1) is 26.8. The summed E-state index contributed by atoms with van der Waals surface area (Å²) in [5.41, 5.74) is 11.8. The zero-order chi connectivity index (χ0) is 40.2. The van der Waals surface area contributed by atoms with Gasteiger partial charge in [-0.25, -0.2) is 13.1 Å². The van der Waals surface area contributed by atoms with E-state index in [1.807, 2.05) is 42.5 Å². The standard InChI is InChI=1S/C38H51ClN8O7S2/c1-56(52,53)46-31(13-10-24-14-17-42-18-15-24)37(51)47-22-28(54-23-25-8-11-27(39)12-9-25)20-32(47)35(49)45-30(6-4-16-43-38(40)41)34(48)36(50)44-21-29-19-26-5-2-3-7-33(26)55-29/h2-3,5,7-9,11-12,19,24,28,30-32,42,46H,4,6,10,13-18,20-23H2,1H3,(H,44,50)(H,45,49)(H4,40,41,43)/t28-,30+,31-,32+/m1/s1. The van der Waals surface area contributed by atoms with E-state index in [9.17, 15) is 27.6 Å². The molecule has 5 rings (SSSR count). The van der Waals surface area contributed by atoms with Gasteiger partial charge in [-0.05, 0) is 92.7 Å². The highest BCUT2D eigenvalue weighted by Crippen LogP contribution is 2.27. The minimum absolute atomic E-state index is 0.00143. The van der Waals surface area contributed by atoms with Crippen molar-refractivity contribution in [3.8, 4) is 0 Å². The molecule has 0 aliphatic carbocycles. The summed E-state index contributed by atoms with van der Waals surface area (Å²) in [7, 11) is -3.81. The van der Waals surface area contributed by atoms with E-state index in [0.717, 1.165) is 52.7 Å². The number of nitrogens with two attached hydrogens (primary N) is 2. The monoisotopic (exact) mass is 830 g/mol. The van der Waals surface area contributed by atoms with Crippen LogP contribution in [0.5, 0.6) is 0 Å². The number of Topliss-reactive ketones (excluding diaryl/α,β-unsaturated/α-hetero) is 1. The highest BCUT2D eigenvalue weighted by molar-refractivity contribution is 7.88. The largest absolute Gasteiger partial charge is 0.372 e. The summed E-state index contributed by atoms with van der Waals surface area (Å²) in [6.07, 6.45) is 3.42. The topological polar surface area (TPSA) is 227 Å². The second-order valence-corrected chi connectivity index (χ2v) is 17.7. The second kappa shape index (κ2) is 20.3. The van der Waals surface area contributed by atoms with Gasteiger partial charge in [0.2, 0.25) is 27.6 Å². The molecule has 3 amide bonds. The zero-order valence-corrected chi connectivity index (χ0v) is 33.8. The third-order valence-electron chi connectivity index (χ3n) is 9.93. The van der Waals surface area contributed by atoms with E-state index in [-0.39, 0.29) is 57.9 Å². The van der Waals surface area contributed by atoms with E-state index in [0.29, 0.717) is 17.4 Å². The van der Waals surface area contributed by atoms with Crippen molar-refractivity contribution in [2.24, 2.45) is 22.4 Å². The molecule has 2 aromatic carbocycles. The highest BCUT2D eigenvalue weighted by atomic mass is 35.5. The maximum Gasteiger partial charge on any atom is 0.289 e. The van der Waals surface area contributed by atoms with Gasteiger partial charge < -0.3 is 37.1 Å². The number of hydrogen-bond acceptors (Lipinski definition) is 10. The van der Waals surface area contributed by atoms with E-state index in [1.165, 1.54) is 16.2 Å². The van der Waals surface area contributed by atoms with Crippen LogP contribution >= 0.6 is 22.9 Å². The number of piperidine rings is 1. The molecule has 8 N–H and O–H groups in total. The Hall–Kier alpha value is -4.13. The first-order valence-corrected chi connectivity index (χ1v) is 21.8. The normalized spacial score (nSPS) is 18.6. The van der Waals surface area contributed by atoms with Crippen LogP contribution in [-0.2, 0) is 47.1 Å². The summed E-state index contributed by atoms with van der Waals surface area (Å²) in [6.45, 7) is 2.12. The second-order valence-electron chi connectivity index (χ2n) is 14.3. The Morgan fingerprint density at radius 2 is 1.79 bits per heavy atom. The lowest BCUT2D eigenvalue weighted by Gasteiger charge is -2.30. The van der Waals surface area contributed by atoms with Crippen molar-refractivity contribution in [3.63, 3.8) is 0 Å². The molecule has 15 nitrogen and oxygen atoms in total. The van der Waals surface area contributed by atoms with Crippen molar-refractivity contribution in [1.82, 2.24) is 25.6 Å². The van der Waals surface area contributed by atoms with E-state index in [1.54, 1.807) is 12.1 Å². The molecule has 0 bridgehead atoms. The number of carbonyl (C=O) groups excluding carboxylic acids is 4. The summed E-state index contributed by atoms with van der Waals surface area (Å²) in [5, 5.41) is 10.3. The lowest BCUT2D eigenvalue weighted by molar-refractivity contribution is -0.143. The summed E-state index contributed by atoms with van der Waals surface area (Å²) in [5.74, 6) is -2.82. The van der Waals surface area contributed by atoms with Crippen LogP contribution in [0.25, 0.3) is 10.1 Å². The molecule has 304 valence electrons. The molecule has 2 aliphatic rings.